The molecular formula is C17H25N3O. The first-order chi connectivity index (χ1) is 10.1. The molecule has 0 aliphatic carbocycles. The molecule has 4 heteroatoms. The van der Waals surface area contributed by atoms with Crippen molar-refractivity contribution < 1.29 is 4.79 Å². The molecule has 114 valence electrons. The quantitative estimate of drug-likeness (QED) is 0.815. The van der Waals surface area contributed by atoms with Crippen LogP contribution in [0.1, 0.15) is 24.8 Å². The average Bonchev–Trinajstić information content (AvgIpc) is 2.52. The molecule has 1 fully saturated rings. The van der Waals surface area contributed by atoms with Gasteiger partial charge in [-0.2, -0.15) is 0 Å². The van der Waals surface area contributed by atoms with Crippen molar-refractivity contribution in [1.29, 1.82) is 0 Å². The summed E-state index contributed by atoms with van der Waals surface area (Å²) in [7, 11) is 2.05. The second-order valence-electron chi connectivity index (χ2n) is 5.68. The smallest absolute Gasteiger partial charge is 0.248 e. The van der Waals surface area contributed by atoms with E-state index in [-0.39, 0.29) is 0 Å². The zero-order valence-electron chi connectivity index (χ0n) is 12.8. The van der Waals surface area contributed by atoms with E-state index in [4.69, 9.17) is 5.73 Å². The van der Waals surface area contributed by atoms with Crippen molar-refractivity contribution in [1.82, 2.24) is 4.90 Å². The number of nitrogens with two attached hydrogens (primary N) is 1. The monoisotopic (exact) mass is 287 g/mol. The highest BCUT2D eigenvalue weighted by Gasteiger charge is 2.15. The van der Waals surface area contributed by atoms with E-state index in [1.807, 2.05) is 24.3 Å². The highest BCUT2D eigenvalue weighted by molar-refractivity contribution is 6.19. The lowest BCUT2D eigenvalue weighted by molar-refractivity contribution is -0.112. The molecule has 0 unspecified atom stereocenters. The predicted octanol–water partition coefficient (Wildman–Crippen LogP) is 2.11. The number of likely N-dealkylation sites (tertiary alicyclic amines) is 1. The zero-order chi connectivity index (χ0) is 15.2. The lowest BCUT2D eigenvalue weighted by Gasteiger charge is -2.30. The van der Waals surface area contributed by atoms with E-state index in [0.29, 0.717) is 5.57 Å². The van der Waals surface area contributed by atoms with Crippen LogP contribution in [0.3, 0.4) is 0 Å². The minimum absolute atomic E-state index is 0.371. The molecule has 1 aromatic carbocycles. The van der Waals surface area contributed by atoms with Crippen molar-refractivity contribution in [2.75, 3.05) is 38.1 Å². The predicted molar refractivity (Wildman–Crippen MR) is 88.2 cm³/mol. The third-order valence-corrected chi connectivity index (χ3v) is 4.14. The number of benzene rings is 1. The summed E-state index contributed by atoms with van der Waals surface area (Å²) in [5, 5.41) is 0. The van der Waals surface area contributed by atoms with Crippen LogP contribution < -0.4 is 10.6 Å². The van der Waals surface area contributed by atoms with Crippen LogP contribution in [0.4, 0.5) is 5.69 Å². The Kier molecular flexibility index (Phi) is 5.39. The van der Waals surface area contributed by atoms with Crippen LogP contribution in [0, 0.1) is 0 Å². The first-order valence-electron chi connectivity index (χ1n) is 7.61. The minimum Gasteiger partial charge on any atom is -0.373 e. The largest absolute Gasteiger partial charge is 0.373 e. The Labute approximate surface area is 127 Å². The van der Waals surface area contributed by atoms with Gasteiger partial charge in [0.15, 0.2) is 0 Å². The summed E-state index contributed by atoms with van der Waals surface area (Å²) in [6, 6.07) is 7.80. The highest BCUT2D eigenvalue weighted by atomic mass is 16.1. The fourth-order valence-corrected chi connectivity index (χ4v) is 2.79. The minimum atomic E-state index is -0.466. The number of para-hydroxylation sites is 1. The van der Waals surface area contributed by atoms with Crippen molar-refractivity contribution in [3.8, 4) is 0 Å². The Morgan fingerprint density at radius 3 is 2.62 bits per heavy atom. The summed E-state index contributed by atoms with van der Waals surface area (Å²) >= 11 is 0. The van der Waals surface area contributed by atoms with E-state index in [1.54, 1.807) is 0 Å². The van der Waals surface area contributed by atoms with Gasteiger partial charge < -0.3 is 15.5 Å². The van der Waals surface area contributed by atoms with Gasteiger partial charge in [0.2, 0.25) is 5.91 Å². The van der Waals surface area contributed by atoms with Crippen LogP contribution in [-0.2, 0) is 4.79 Å². The summed E-state index contributed by atoms with van der Waals surface area (Å²) in [6.45, 7) is 8.18. The number of hydrogen-bond acceptors (Lipinski definition) is 3. The molecule has 1 aliphatic rings. The lowest BCUT2D eigenvalue weighted by atomic mass is 10.0. The number of piperidine rings is 1. The van der Waals surface area contributed by atoms with Crippen molar-refractivity contribution >= 4 is 17.2 Å². The fourth-order valence-electron chi connectivity index (χ4n) is 2.79. The van der Waals surface area contributed by atoms with Crippen LogP contribution in [0.15, 0.2) is 30.8 Å². The molecular weight excluding hydrogens is 262 g/mol. The molecule has 1 amide bonds. The normalized spacial score (nSPS) is 15.7. The molecule has 1 saturated heterocycles. The van der Waals surface area contributed by atoms with Gasteiger partial charge in [-0.1, -0.05) is 31.2 Å². The van der Waals surface area contributed by atoms with Gasteiger partial charge in [-0.25, -0.2) is 0 Å². The number of primary amides is 1. The van der Waals surface area contributed by atoms with Crippen molar-refractivity contribution in [3.63, 3.8) is 0 Å². The number of amides is 1. The first kappa shape index (κ1) is 15.6. The summed E-state index contributed by atoms with van der Waals surface area (Å²) in [4.78, 5) is 16.1. The molecule has 1 aromatic rings. The number of carbonyl (C=O) groups excluding carboxylic acids is 1. The van der Waals surface area contributed by atoms with Crippen LogP contribution in [0.25, 0.3) is 5.57 Å². The Morgan fingerprint density at radius 1 is 1.29 bits per heavy atom. The number of likely N-dealkylation sites (N-methyl/N-ethyl adjacent to an activating group) is 1. The summed E-state index contributed by atoms with van der Waals surface area (Å²) in [5.74, 6) is -0.466. The lowest BCUT2D eigenvalue weighted by Crippen LogP contribution is -2.36. The molecule has 1 aliphatic heterocycles. The van der Waals surface area contributed by atoms with E-state index < -0.39 is 5.91 Å². The van der Waals surface area contributed by atoms with E-state index in [9.17, 15) is 4.79 Å². The second kappa shape index (κ2) is 7.27. The third-order valence-electron chi connectivity index (χ3n) is 4.14. The van der Waals surface area contributed by atoms with E-state index in [0.717, 1.165) is 24.3 Å². The van der Waals surface area contributed by atoms with Gasteiger partial charge in [0.1, 0.15) is 0 Å². The van der Waals surface area contributed by atoms with Crippen LogP contribution >= 0.6 is 0 Å². The third kappa shape index (κ3) is 4.08. The maximum Gasteiger partial charge on any atom is 0.248 e. The molecule has 4 nitrogen and oxygen atoms in total. The SMILES string of the molecule is C=C(C(N)=O)c1ccccc1N(C)CCN1CCCCC1. The first-order valence-corrected chi connectivity index (χ1v) is 7.61. The molecule has 2 rings (SSSR count). The summed E-state index contributed by atoms with van der Waals surface area (Å²) < 4.78 is 0. The molecule has 0 aromatic heterocycles. The molecule has 21 heavy (non-hydrogen) atoms. The molecule has 0 spiro atoms. The molecule has 0 bridgehead atoms. The molecule has 0 saturated carbocycles. The summed E-state index contributed by atoms with van der Waals surface area (Å²) in [6.07, 6.45) is 3.96. The van der Waals surface area contributed by atoms with Gasteiger partial charge in [0, 0.05) is 37.0 Å². The average molecular weight is 287 g/mol. The number of hydrogen-bond donors (Lipinski definition) is 1. The topological polar surface area (TPSA) is 49.6 Å². The fraction of sp³-hybridized carbons (Fsp3) is 0.471. The van der Waals surface area contributed by atoms with Gasteiger partial charge in [-0.3, -0.25) is 4.79 Å². The molecule has 2 N–H and O–H groups in total. The maximum atomic E-state index is 11.4. The van der Waals surface area contributed by atoms with E-state index >= 15 is 0 Å². The molecule has 0 radical (unpaired) electrons. The van der Waals surface area contributed by atoms with Gasteiger partial charge in [0.05, 0.1) is 0 Å². The van der Waals surface area contributed by atoms with Crippen molar-refractivity contribution in [2.45, 2.75) is 19.3 Å². The zero-order valence-corrected chi connectivity index (χ0v) is 12.8. The van der Waals surface area contributed by atoms with Gasteiger partial charge >= 0.3 is 0 Å². The number of carbonyl (C=O) groups is 1. The number of nitrogens with zero attached hydrogens (tertiary/aromatic N) is 2. The van der Waals surface area contributed by atoms with Crippen LogP contribution in [-0.4, -0.2) is 44.0 Å². The Balaban J connectivity index is 2.03. The maximum absolute atomic E-state index is 11.4. The molecule has 0 atom stereocenters. The Morgan fingerprint density at radius 2 is 1.95 bits per heavy atom. The molecule has 1 heterocycles. The van der Waals surface area contributed by atoms with Gasteiger partial charge in [0.25, 0.3) is 0 Å². The van der Waals surface area contributed by atoms with E-state index in [1.165, 1.54) is 32.4 Å². The highest BCUT2D eigenvalue weighted by Crippen LogP contribution is 2.25. The van der Waals surface area contributed by atoms with Crippen LogP contribution in [0.2, 0.25) is 0 Å². The van der Waals surface area contributed by atoms with E-state index in [2.05, 4.69) is 23.4 Å². The van der Waals surface area contributed by atoms with Crippen molar-refractivity contribution in [3.05, 3.63) is 36.4 Å². The Bertz CT molecular complexity index is 507. The van der Waals surface area contributed by atoms with Gasteiger partial charge in [-0.05, 0) is 32.0 Å². The van der Waals surface area contributed by atoms with Gasteiger partial charge in [-0.15, -0.1) is 0 Å². The second-order valence-corrected chi connectivity index (χ2v) is 5.68. The summed E-state index contributed by atoms with van der Waals surface area (Å²) in [5.41, 5.74) is 7.57. The standard InChI is InChI=1S/C17H25N3O/c1-14(17(18)21)15-8-4-5-9-16(15)19(2)12-13-20-10-6-3-7-11-20/h4-5,8-9H,1,3,6-7,10-13H2,2H3,(H2,18,21). The number of anilines is 1. The number of rotatable bonds is 6. The Hall–Kier alpha value is -1.81. The van der Waals surface area contributed by atoms with Crippen molar-refractivity contribution in [2.24, 2.45) is 5.73 Å². The van der Waals surface area contributed by atoms with Crippen LogP contribution in [0.5, 0.6) is 0 Å².